The van der Waals surface area contributed by atoms with E-state index in [0.29, 0.717) is 18.6 Å². The van der Waals surface area contributed by atoms with Crippen LogP contribution in [0.3, 0.4) is 0 Å². The minimum Gasteiger partial charge on any atom is -0.383 e. The van der Waals surface area contributed by atoms with Crippen LogP contribution in [0, 0.1) is 0 Å². The van der Waals surface area contributed by atoms with E-state index >= 15 is 0 Å². The fraction of sp³-hybridized carbons (Fsp3) is 0.733. The van der Waals surface area contributed by atoms with Gasteiger partial charge in [0.25, 0.3) is 0 Å². The predicted octanol–water partition coefficient (Wildman–Crippen LogP) is 3.01. The van der Waals surface area contributed by atoms with Crippen molar-refractivity contribution in [3.05, 3.63) is 11.9 Å². The Hall–Kier alpha value is -1.36. The van der Waals surface area contributed by atoms with Crippen molar-refractivity contribution in [2.24, 2.45) is 0 Å². The van der Waals surface area contributed by atoms with Crippen LogP contribution in [0.15, 0.2) is 6.07 Å². The molecule has 1 aromatic heterocycles. The minimum atomic E-state index is 0.307. The minimum absolute atomic E-state index is 0.307. The molecule has 5 heteroatoms. The number of hydrogen-bond acceptors (Lipinski definition) is 5. The summed E-state index contributed by atoms with van der Waals surface area (Å²) in [6.07, 6.45) is 4.63. The van der Waals surface area contributed by atoms with Gasteiger partial charge in [0.05, 0.1) is 12.6 Å². The lowest BCUT2D eigenvalue weighted by Crippen LogP contribution is -2.25. The largest absolute Gasteiger partial charge is 0.383 e. The molecule has 112 valence electrons. The van der Waals surface area contributed by atoms with Crippen LogP contribution in [0.5, 0.6) is 0 Å². The number of anilines is 2. The molecule has 0 amide bonds. The van der Waals surface area contributed by atoms with Gasteiger partial charge in [0.2, 0.25) is 0 Å². The predicted molar refractivity (Wildman–Crippen MR) is 82.4 cm³/mol. The number of rotatable bonds is 9. The molecule has 2 rings (SSSR count). The van der Waals surface area contributed by atoms with Gasteiger partial charge in [-0.05, 0) is 26.2 Å². The molecule has 1 unspecified atom stereocenters. The van der Waals surface area contributed by atoms with E-state index in [4.69, 9.17) is 4.74 Å². The van der Waals surface area contributed by atoms with Crippen molar-refractivity contribution in [2.75, 3.05) is 30.9 Å². The second-order valence-electron chi connectivity index (χ2n) is 5.39. The first-order chi connectivity index (χ1) is 9.76. The summed E-state index contributed by atoms with van der Waals surface area (Å²) in [7, 11) is 1.74. The van der Waals surface area contributed by atoms with Crippen LogP contribution in [0.2, 0.25) is 0 Å². The average Bonchev–Trinajstić information content (AvgIpc) is 3.23. The zero-order chi connectivity index (χ0) is 14.4. The van der Waals surface area contributed by atoms with Gasteiger partial charge in [-0.3, -0.25) is 0 Å². The third-order valence-corrected chi connectivity index (χ3v) is 3.40. The molecule has 0 spiro atoms. The maximum atomic E-state index is 5.27. The van der Waals surface area contributed by atoms with E-state index < -0.39 is 0 Å². The summed E-state index contributed by atoms with van der Waals surface area (Å²) in [4.78, 5) is 9.26. The SMILES string of the molecule is CCCC(COC)Nc1cc(NCC)nc(C2CC2)n1. The van der Waals surface area contributed by atoms with Gasteiger partial charge in [-0.15, -0.1) is 0 Å². The van der Waals surface area contributed by atoms with Crippen LogP contribution in [0.1, 0.15) is 51.3 Å². The summed E-state index contributed by atoms with van der Waals surface area (Å²) in [5.74, 6) is 3.35. The first-order valence-electron chi connectivity index (χ1n) is 7.65. The van der Waals surface area contributed by atoms with E-state index in [1.807, 2.05) is 6.07 Å². The van der Waals surface area contributed by atoms with Crippen molar-refractivity contribution < 1.29 is 4.74 Å². The van der Waals surface area contributed by atoms with Crippen LogP contribution >= 0.6 is 0 Å². The van der Waals surface area contributed by atoms with Crippen molar-refractivity contribution in [3.63, 3.8) is 0 Å². The molecule has 1 aliphatic rings. The number of aromatic nitrogens is 2. The number of hydrogen-bond donors (Lipinski definition) is 2. The Kier molecular flexibility index (Phi) is 5.59. The van der Waals surface area contributed by atoms with Gasteiger partial charge < -0.3 is 15.4 Å². The molecule has 1 atom stereocenters. The third kappa shape index (κ3) is 4.34. The molecule has 2 N–H and O–H groups in total. The summed E-state index contributed by atoms with van der Waals surface area (Å²) < 4.78 is 5.27. The maximum Gasteiger partial charge on any atom is 0.136 e. The zero-order valence-electron chi connectivity index (χ0n) is 12.8. The molecule has 1 aliphatic carbocycles. The normalized spacial score (nSPS) is 15.9. The molecule has 1 fully saturated rings. The highest BCUT2D eigenvalue weighted by molar-refractivity contribution is 5.48. The van der Waals surface area contributed by atoms with E-state index in [9.17, 15) is 0 Å². The van der Waals surface area contributed by atoms with Gasteiger partial charge in [-0.2, -0.15) is 0 Å². The fourth-order valence-corrected chi connectivity index (χ4v) is 2.29. The first-order valence-corrected chi connectivity index (χ1v) is 7.65. The lowest BCUT2D eigenvalue weighted by molar-refractivity contribution is 0.182. The summed E-state index contributed by atoms with van der Waals surface area (Å²) in [6, 6.07) is 2.30. The van der Waals surface area contributed by atoms with Gasteiger partial charge in [0, 0.05) is 25.6 Å². The van der Waals surface area contributed by atoms with E-state index in [1.54, 1.807) is 7.11 Å². The van der Waals surface area contributed by atoms with Crippen LogP contribution in [0.4, 0.5) is 11.6 Å². The highest BCUT2D eigenvalue weighted by Crippen LogP contribution is 2.38. The Labute approximate surface area is 121 Å². The highest BCUT2D eigenvalue weighted by atomic mass is 16.5. The molecule has 20 heavy (non-hydrogen) atoms. The topological polar surface area (TPSA) is 59.1 Å². The lowest BCUT2D eigenvalue weighted by Gasteiger charge is -2.18. The Morgan fingerprint density at radius 1 is 1.30 bits per heavy atom. The molecule has 1 aromatic rings. The van der Waals surface area contributed by atoms with Gasteiger partial charge >= 0.3 is 0 Å². The summed E-state index contributed by atoms with van der Waals surface area (Å²) in [6.45, 7) is 5.84. The molecular formula is C15H26N4O. The van der Waals surface area contributed by atoms with Crippen molar-refractivity contribution in [2.45, 2.75) is 51.5 Å². The number of nitrogens with one attached hydrogen (secondary N) is 2. The third-order valence-electron chi connectivity index (χ3n) is 3.40. The van der Waals surface area contributed by atoms with Crippen LogP contribution in [-0.4, -0.2) is 36.3 Å². The Bertz CT molecular complexity index is 414. The van der Waals surface area contributed by atoms with E-state index in [1.165, 1.54) is 12.8 Å². The number of nitrogens with zero attached hydrogens (tertiary/aromatic N) is 2. The van der Waals surface area contributed by atoms with E-state index in [-0.39, 0.29) is 0 Å². The Morgan fingerprint density at radius 2 is 2.05 bits per heavy atom. The molecule has 0 aromatic carbocycles. The smallest absolute Gasteiger partial charge is 0.136 e. The molecule has 0 bridgehead atoms. The molecule has 0 radical (unpaired) electrons. The van der Waals surface area contributed by atoms with Gasteiger partial charge in [0.15, 0.2) is 0 Å². The highest BCUT2D eigenvalue weighted by Gasteiger charge is 2.27. The summed E-state index contributed by atoms with van der Waals surface area (Å²) in [5, 5.41) is 6.77. The quantitative estimate of drug-likeness (QED) is 0.727. The Morgan fingerprint density at radius 3 is 2.65 bits per heavy atom. The van der Waals surface area contributed by atoms with Crippen LogP contribution in [-0.2, 0) is 4.74 Å². The number of methoxy groups -OCH3 is 1. The standard InChI is InChI=1S/C15H26N4O/c1-4-6-12(10-20-3)17-14-9-13(16-5-2)18-15(19-14)11-7-8-11/h9,11-12H,4-8,10H2,1-3H3,(H2,16,17,18,19). The van der Waals surface area contributed by atoms with Crippen molar-refractivity contribution in [1.29, 1.82) is 0 Å². The van der Waals surface area contributed by atoms with Crippen LogP contribution in [0.25, 0.3) is 0 Å². The van der Waals surface area contributed by atoms with Crippen molar-refractivity contribution in [1.82, 2.24) is 9.97 Å². The molecule has 0 aliphatic heterocycles. The van der Waals surface area contributed by atoms with E-state index in [2.05, 4.69) is 34.4 Å². The monoisotopic (exact) mass is 278 g/mol. The first kappa shape index (κ1) is 15.0. The molecule has 0 saturated heterocycles. The Balaban J connectivity index is 2.11. The van der Waals surface area contributed by atoms with Gasteiger partial charge in [-0.1, -0.05) is 13.3 Å². The fourth-order valence-electron chi connectivity index (χ4n) is 2.29. The van der Waals surface area contributed by atoms with Crippen molar-refractivity contribution >= 4 is 11.6 Å². The second-order valence-corrected chi connectivity index (χ2v) is 5.39. The average molecular weight is 278 g/mol. The summed E-state index contributed by atoms with van der Waals surface area (Å²) in [5.41, 5.74) is 0. The molecule has 5 nitrogen and oxygen atoms in total. The van der Waals surface area contributed by atoms with Crippen molar-refractivity contribution in [3.8, 4) is 0 Å². The maximum absolute atomic E-state index is 5.27. The van der Waals surface area contributed by atoms with Gasteiger partial charge in [0.1, 0.15) is 17.5 Å². The van der Waals surface area contributed by atoms with Gasteiger partial charge in [-0.25, -0.2) is 9.97 Å². The summed E-state index contributed by atoms with van der Waals surface area (Å²) >= 11 is 0. The number of ether oxygens (including phenoxy) is 1. The van der Waals surface area contributed by atoms with Crippen LogP contribution < -0.4 is 10.6 Å². The molecular weight excluding hydrogens is 252 g/mol. The lowest BCUT2D eigenvalue weighted by atomic mass is 10.2. The molecule has 1 saturated carbocycles. The molecule has 1 heterocycles. The second kappa shape index (κ2) is 7.43. The zero-order valence-corrected chi connectivity index (χ0v) is 12.8. The van der Waals surface area contributed by atoms with E-state index in [0.717, 1.165) is 36.8 Å².